The summed E-state index contributed by atoms with van der Waals surface area (Å²) < 4.78 is 7.34. The third kappa shape index (κ3) is 2.47. The first-order chi connectivity index (χ1) is 11.8. The fourth-order valence-electron chi connectivity index (χ4n) is 3.90. The minimum absolute atomic E-state index is 0.281. The lowest BCUT2D eigenvalue weighted by Crippen LogP contribution is -2.15. The lowest BCUT2D eigenvalue weighted by atomic mass is 10.1. The number of nitrogens with one attached hydrogen (secondary N) is 1. The van der Waals surface area contributed by atoms with Gasteiger partial charge >= 0.3 is 5.97 Å². The number of methoxy groups -OCH3 is 1. The topological polar surface area (TPSA) is 43.3 Å². The van der Waals surface area contributed by atoms with Gasteiger partial charge in [0, 0.05) is 22.3 Å². The molecule has 0 radical (unpaired) electrons. The van der Waals surface area contributed by atoms with Gasteiger partial charge in [0.2, 0.25) is 0 Å². The fourth-order valence-corrected chi connectivity index (χ4v) is 3.90. The maximum Gasteiger partial charge on any atom is 0.337 e. The highest BCUT2D eigenvalue weighted by Crippen LogP contribution is 2.35. The highest BCUT2D eigenvalue weighted by molar-refractivity contribution is 6.09. The number of aromatic nitrogens is 1. The van der Waals surface area contributed by atoms with Gasteiger partial charge in [-0.05, 0) is 50.6 Å². The second-order valence-electron chi connectivity index (χ2n) is 6.45. The summed E-state index contributed by atoms with van der Waals surface area (Å²) in [5.74, 6) is -0.281. The Hall–Kier alpha value is -2.33. The molecule has 124 valence electrons. The fraction of sp³-hybridized carbons (Fsp3) is 0.350. The monoisotopic (exact) mass is 322 g/mol. The molecule has 1 fully saturated rings. The van der Waals surface area contributed by atoms with E-state index in [2.05, 4.69) is 40.2 Å². The molecule has 2 aromatic carbocycles. The lowest BCUT2D eigenvalue weighted by Gasteiger charge is -2.19. The van der Waals surface area contributed by atoms with Crippen LogP contribution in [0.15, 0.2) is 42.5 Å². The van der Waals surface area contributed by atoms with Crippen molar-refractivity contribution in [3.63, 3.8) is 0 Å². The number of benzene rings is 2. The van der Waals surface area contributed by atoms with Gasteiger partial charge in [-0.25, -0.2) is 4.79 Å². The van der Waals surface area contributed by atoms with E-state index in [0.717, 1.165) is 31.4 Å². The number of rotatable bonds is 2. The highest BCUT2D eigenvalue weighted by Gasteiger charge is 2.20. The van der Waals surface area contributed by atoms with Crippen LogP contribution in [-0.2, 0) is 4.74 Å². The Kier molecular flexibility index (Phi) is 3.98. The van der Waals surface area contributed by atoms with E-state index in [4.69, 9.17) is 4.74 Å². The van der Waals surface area contributed by atoms with E-state index in [1.54, 1.807) is 0 Å². The quantitative estimate of drug-likeness (QED) is 0.728. The van der Waals surface area contributed by atoms with E-state index in [9.17, 15) is 4.79 Å². The van der Waals surface area contributed by atoms with Gasteiger partial charge in [0.05, 0.1) is 18.2 Å². The molecule has 24 heavy (non-hydrogen) atoms. The van der Waals surface area contributed by atoms with Crippen LogP contribution in [0.5, 0.6) is 0 Å². The molecule has 4 rings (SSSR count). The van der Waals surface area contributed by atoms with Crippen molar-refractivity contribution in [1.29, 1.82) is 0 Å². The Morgan fingerprint density at radius 2 is 1.92 bits per heavy atom. The average Bonchev–Trinajstić information content (AvgIpc) is 2.77. The molecule has 4 nitrogen and oxygen atoms in total. The van der Waals surface area contributed by atoms with Crippen molar-refractivity contribution in [2.75, 3.05) is 20.2 Å². The maximum absolute atomic E-state index is 12.0. The van der Waals surface area contributed by atoms with E-state index in [1.807, 2.05) is 12.1 Å². The van der Waals surface area contributed by atoms with Crippen molar-refractivity contribution >= 4 is 27.8 Å². The van der Waals surface area contributed by atoms with Gasteiger partial charge in [0.25, 0.3) is 0 Å². The van der Waals surface area contributed by atoms with Crippen molar-refractivity contribution in [1.82, 2.24) is 9.88 Å². The minimum atomic E-state index is -0.281. The number of esters is 1. The summed E-state index contributed by atoms with van der Waals surface area (Å²) in [7, 11) is 1.43. The van der Waals surface area contributed by atoms with Gasteiger partial charge in [-0.3, -0.25) is 0 Å². The second-order valence-corrected chi connectivity index (χ2v) is 6.45. The molecule has 3 aromatic rings. The number of fused-ring (bicyclic) bond motifs is 3. The zero-order valence-corrected chi connectivity index (χ0v) is 13.9. The summed E-state index contributed by atoms with van der Waals surface area (Å²) in [6, 6.07) is 14.9. The van der Waals surface area contributed by atoms with Crippen molar-refractivity contribution in [3.8, 4) is 0 Å². The van der Waals surface area contributed by atoms with Crippen molar-refractivity contribution < 1.29 is 9.53 Å². The number of nitrogens with zero attached hydrogens (tertiary/aromatic N) is 1. The molecule has 1 unspecified atom stereocenters. The number of para-hydroxylation sites is 1. The molecule has 0 saturated carbocycles. The molecule has 1 saturated heterocycles. The van der Waals surface area contributed by atoms with Crippen LogP contribution < -0.4 is 5.32 Å². The molecule has 1 atom stereocenters. The van der Waals surface area contributed by atoms with Gasteiger partial charge in [0.15, 0.2) is 0 Å². The van der Waals surface area contributed by atoms with Crippen LogP contribution in [0.1, 0.15) is 35.7 Å². The standard InChI is InChI=1S/C20H22N2O2/c1-24-20(23)14-8-9-17-16-6-2-3-7-18(16)22(19(17)13-14)15-5-4-11-21-12-10-15/h2-3,6-9,13,15,21H,4-5,10-12H2,1H3. The predicted octanol–water partition coefficient (Wildman–Crippen LogP) is 3.90. The molecular weight excluding hydrogens is 300 g/mol. The molecule has 4 heteroatoms. The average molecular weight is 322 g/mol. The summed E-state index contributed by atoms with van der Waals surface area (Å²) in [4.78, 5) is 12.0. The van der Waals surface area contributed by atoms with Crippen LogP contribution in [0.2, 0.25) is 0 Å². The maximum atomic E-state index is 12.0. The molecule has 1 N–H and O–H groups in total. The summed E-state index contributed by atoms with van der Waals surface area (Å²) in [5.41, 5.74) is 2.99. The predicted molar refractivity (Wildman–Crippen MR) is 96.5 cm³/mol. The van der Waals surface area contributed by atoms with Crippen LogP contribution in [0.4, 0.5) is 0 Å². The van der Waals surface area contributed by atoms with E-state index >= 15 is 0 Å². The summed E-state index contributed by atoms with van der Waals surface area (Å²) >= 11 is 0. The summed E-state index contributed by atoms with van der Waals surface area (Å²) in [6.45, 7) is 2.12. The lowest BCUT2D eigenvalue weighted by molar-refractivity contribution is 0.0601. The van der Waals surface area contributed by atoms with Crippen LogP contribution in [0, 0.1) is 0 Å². The van der Waals surface area contributed by atoms with Crippen molar-refractivity contribution in [3.05, 3.63) is 48.0 Å². The largest absolute Gasteiger partial charge is 0.465 e. The molecule has 0 spiro atoms. The summed E-state index contributed by atoms with van der Waals surface area (Å²) in [5, 5.41) is 5.94. The van der Waals surface area contributed by atoms with Crippen molar-refractivity contribution in [2.24, 2.45) is 0 Å². The molecule has 1 aliphatic rings. The zero-order chi connectivity index (χ0) is 16.5. The first-order valence-electron chi connectivity index (χ1n) is 8.61. The first kappa shape index (κ1) is 15.2. The van der Waals surface area contributed by atoms with E-state index in [1.165, 1.54) is 29.8 Å². The molecule has 2 heterocycles. The molecule has 1 aliphatic heterocycles. The van der Waals surface area contributed by atoms with Crippen LogP contribution >= 0.6 is 0 Å². The molecule has 0 amide bonds. The third-order valence-electron chi connectivity index (χ3n) is 5.04. The second kappa shape index (κ2) is 6.29. The van der Waals surface area contributed by atoms with Crippen LogP contribution in [-0.4, -0.2) is 30.7 Å². The van der Waals surface area contributed by atoms with Gasteiger partial charge in [0.1, 0.15) is 0 Å². The number of hydrogen-bond donors (Lipinski definition) is 1. The Morgan fingerprint density at radius 1 is 1.08 bits per heavy atom. The number of ether oxygens (including phenoxy) is 1. The smallest absolute Gasteiger partial charge is 0.337 e. The molecular formula is C20H22N2O2. The first-order valence-corrected chi connectivity index (χ1v) is 8.61. The number of carbonyl (C=O) groups excluding carboxylic acids is 1. The molecule has 0 bridgehead atoms. The van der Waals surface area contributed by atoms with E-state index in [-0.39, 0.29) is 5.97 Å². The Balaban J connectivity index is 1.97. The van der Waals surface area contributed by atoms with Gasteiger partial charge in [-0.1, -0.05) is 24.3 Å². The minimum Gasteiger partial charge on any atom is -0.465 e. The Bertz CT molecular complexity index is 889. The summed E-state index contributed by atoms with van der Waals surface area (Å²) in [6.07, 6.45) is 3.44. The van der Waals surface area contributed by atoms with Crippen LogP contribution in [0.3, 0.4) is 0 Å². The molecule has 0 aliphatic carbocycles. The van der Waals surface area contributed by atoms with Crippen LogP contribution in [0.25, 0.3) is 21.8 Å². The van der Waals surface area contributed by atoms with Gasteiger partial charge < -0.3 is 14.6 Å². The number of carbonyl (C=O) groups is 1. The van der Waals surface area contributed by atoms with Crippen molar-refractivity contribution in [2.45, 2.75) is 25.3 Å². The zero-order valence-electron chi connectivity index (χ0n) is 13.9. The Labute approximate surface area is 141 Å². The number of hydrogen-bond acceptors (Lipinski definition) is 3. The normalized spacial score (nSPS) is 18.6. The van der Waals surface area contributed by atoms with E-state index < -0.39 is 0 Å². The molecule has 1 aromatic heterocycles. The third-order valence-corrected chi connectivity index (χ3v) is 5.04. The van der Waals surface area contributed by atoms with Gasteiger partial charge in [-0.15, -0.1) is 0 Å². The van der Waals surface area contributed by atoms with Gasteiger partial charge in [-0.2, -0.15) is 0 Å². The van der Waals surface area contributed by atoms with E-state index in [0.29, 0.717) is 11.6 Å². The Morgan fingerprint density at radius 3 is 2.79 bits per heavy atom. The SMILES string of the molecule is COC(=O)c1ccc2c3ccccc3n(C3CCCNCC3)c2c1. The highest BCUT2D eigenvalue weighted by atomic mass is 16.5.